The smallest absolute Gasteiger partial charge is 0.266 e. The number of para-hydroxylation sites is 1. The fourth-order valence-electron chi connectivity index (χ4n) is 4.12. The second kappa shape index (κ2) is 10.5. The van der Waals surface area contributed by atoms with E-state index >= 15 is 0 Å². The number of benzene rings is 3. The largest absolute Gasteiger partial charge is 0.494 e. The summed E-state index contributed by atoms with van der Waals surface area (Å²) >= 11 is 6.90. The van der Waals surface area contributed by atoms with Crippen molar-refractivity contribution in [1.82, 2.24) is 14.7 Å². The summed E-state index contributed by atoms with van der Waals surface area (Å²) in [5.41, 5.74) is 5.67. The Labute approximate surface area is 220 Å². The van der Waals surface area contributed by atoms with Gasteiger partial charge in [-0.05, 0) is 61.4 Å². The Morgan fingerprint density at radius 1 is 1.03 bits per heavy atom. The van der Waals surface area contributed by atoms with Gasteiger partial charge in [-0.15, -0.1) is 0 Å². The third-order valence-electron chi connectivity index (χ3n) is 5.87. The van der Waals surface area contributed by atoms with Gasteiger partial charge in [0, 0.05) is 17.3 Å². The maximum atomic E-state index is 13.3. The molecule has 1 saturated heterocycles. The molecule has 0 unspecified atom stereocenters. The fraction of sp³-hybridized carbons (Fsp3) is 0.138. The number of nitrogens with zero attached hydrogens (tertiary/aromatic N) is 3. The van der Waals surface area contributed by atoms with Crippen molar-refractivity contribution in [3.8, 4) is 22.7 Å². The van der Waals surface area contributed by atoms with Crippen molar-refractivity contribution in [2.24, 2.45) is 0 Å². The van der Waals surface area contributed by atoms with Crippen LogP contribution in [0.4, 0.5) is 0 Å². The van der Waals surface area contributed by atoms with Crippen molar-refractivity contribution < 1.29 is 9.53 Å². The van der Waals surface area contributed by atoms with Gasteiger partial charge in [0.1, 0.15) is 15.8 Å². The van der Waals surface area contributed by atoms with E-state index in [0.717, 1.165) is 39.4 Å². The number of rotatable bonds is 7. The minimum absolute atomic E-state index is 0.0873. The van der Waals surface area contributed by atoms with E-state index in [1.165, 1.54) is 11.8 Å². The number of carbonyl (C=O) groups excluding carboxylic acids is 1. The van der Waals surface area contributed by atoms with Gasteiger partial charge in [0.15, 0.2) is 0 Å². The normalized spacial score (nSPS) is 14.6. The summed E-state index contributed by atoms with van der Waals surface area (Å²) in [5, 5.41) is 4.92. The van der Waals surface area contributed by atoms with Crippen LogP contribution < -0.4 is 4.74 Å². The molecule has 0 atom stereocenters. The predicted molar refractivity (Wildman–Crippen MR) is 150 cm³/mol. The molecule has 2 heterocycles. The SMILES string of the molecule is CCOc1ccc(-c2nn(-c3ccccc3)cc2C=C2SC(=S)N(Cc3ccccc3)C2=O)c(C)c1. The molecule has 1 aromatic heterocycles. The molecule has 0 aliphatic carbocycles. The lowest BCUT2D eigenvalue weighted by molar-refractivity contribution is -0.122. The van der Waals surface area contributed by atoms with Gasteiger partial charge in [-0.3, -0.25) is 9.69 Å². The summed E-state index contributed by atoms with van der Waals surface area (Å²) < 4.78 is 8.08. The Morgan fingerprint density at radius 2 is 1.75 bits per heavy atom. The van der Waals surface area contributed by atoms with Crippen LogP contribution in [0.3, 0.4) is 0 Å². The van der Waals surface area contributed by atoms with E-state index in [1.807, 2.05) is 110 Å². The number of aryl methyl sites for hydroxylation is 1. The second-order valence-electron chi connectivity index (χ2n) is 8.38. The van der Waals surface area contributed by atoms with E-state index < -0.39 is 0 Å². The molecule has 36 heavy (non-hydrogen) atoms. The maximum absolute atomic E-state index is 13.3. The van der Waals surface area contributed by atoms with E-state index in [4.69, 9.17) is 22.1 Å². The van der Waals surface area contributed by atoms with Crippen molar-refractivity contribution in [1.29, 1.82) is 0 Å². The van der Waals surface area contributed by atoms with Gasteiger partial charge in [0.2, 0.25) is 0 Å². The van der Waals surface area contributed by atoms with Gasteiger partial charge in [-0.2, -0.15) is 5.10 Å². The van der Waals surface area contributed by atoms with E-state index in [1.54, 1.807) is 4.90 Å². The molecule has 0 radical (unpaired) electrons. The molecule has 180 valence electrons. The molecule has 5 nitrogen and oxygen atoms in total. The van der Waals surface area contributed by atoms with Crippen molar-refractivity contribution in [3.63, 3.8) is 0 Å². The highest BCUT2D eigenvalue weighted by Gasteiger charge is 2.32. The summed E-state index contributed by atoms with van der Waals surface area (Å²) in [6, 6.07) is 25.8. The molecule has 0 bridgehead atoms. The van der Waals surface area contributed by atoms with Crippen LogP contribution in [0.5, 0.6) is 5.75 Å². The van der Waals surface area contributed by atoms with Crippen LogP contribution in [0.2, 0.25) is 0 Å². The number of aromatic nitrogens is 2. The van der Waals surface area contributed by atoms with E-state index in [2.05, 4.69) is 0 Å². The Morgan fingerprint density at radius 3 is 2.44 bits per heavy atom. The maximum Gasteiger partial charge on any atom is 0.266 e. The topological polar surface area (TPSA) is 47.4 Å². The van der Waals surface area contributed by atoms with Crippen LogP contribution >= 0.6 is 24.0 Å². The first kappa shape index (κ1) is 24.0. The Bertz CT molecular complexity index is 1450. The zero-order valence-corrected chi connectivity index (χ0v) is 21.7. The summed E-state index contributed by atoms with van der Waals surface area (Å²) in [6.45, 7) is 5.08. The van der Waals surface area contributed by atoms with Crippen LogP contribution in [0, 0.1) is 6.92 Å². The Balaban J connectivity index is 1.54. The van der Waals surface area contributed by atoms with Gasteiger partial charge in [0.05, 0.1) is 23.7 Å². The van der Waals surface area contributed by atoms with E-state index in [0.29, 0.717) is 22.4 Å². The van der Waals surface area contributed by atoms with Crippen molar-refractivity contribution >= 4 is 40.3 Å². The first-order chi connectivity index (χ1) is 17.5. The third-order valence-corrected chi connectivity index (χ3v) is 7.25. The second-order valence-corrected chi connectivity index (χ2v) is 10.1. The van der Waals surface area contributed by atoms with Gasteiger partial charge in [0.25, 0.3) is 5.91 Å². The lowest BCUT2D eigenvalue weighted by atomic mass is 10.0. The molecule has 7 heteroatoms. The molecule has 0 saturated carbocycles. The van der Waals surface area contributed by atoms with Crippen molar-refractivity contribution in [2.75, 3.05) is 6.61 Å². The zero-order chi connectivity index (χ0) is 25.1. The summed E-state index contributed by atoms with van der Waals surface area (Å²) in [6.07, 6.45) is 3.87. The highest BCUT2D eigenvalue weighted by Crippen LogP contribution is 2.36. The van der Waals surface area contributed by atoms with Gasteiger partial charge in [-0.25, -0.2) is 4.68 Å². The molecular weight excluding hydrogens is 486 g/mol. The quantitative estimate of drug-likeness (QED) is 0.205. The molecule has 0 N–H and O–H groups in total. The van der Waals surface area contributed by atoms with E-state index in [9.17, 15) is 4.79 Å². The number of hydrogen-bond acceptors (Lipinski definition) is 5. The number of thioether (sulfide) groups is 1. The van der Waals surface area contributed by atoms with Crippen molar-refractivity contribution in [2.45, 2.75) is 20.4 Å². The average Bonchev–Trinajstić information content (AvgIpc) is 3.42. The van der Waals surface area contributed by atoms with E-state index in [-0.39, 0.29) is 5.91 Å². The lowest BCUT2D eigenvalue weighted by Crippen LogP contribution is -2.27. The lowest BCUT2D eigenvalue weighted by Gasteiger charge is -2.14. The highest BCUT2D eigenvalue weighted by atomic mass is 32.2. The van der Waals surface area contributed by atoms with Gasteiger partial charge in [-0.1, -0.05) is 72.5 Å². The molecule has 3 aromatic carbocycles. The van der Waals surface area contributed by atoms with Gasteiger partial charge < -0.3 is 4.74 Å². The minimum Gasteiger partial charge on any atom is -0.494 e. The van der Waals surface area contributed by atoms with Crippen LogP contribution in [0.25, 0.3) is 23.0 Å². The average molecular weight is 512 g/mol. The molecule has 1 aliphatic rings. The molecule has 0 spiro atoms. The number of carbonyl (C=O) groups is 1. The third kappa shape index (κ3) is 4.98. The number of thiocarbonyl (C=S) groups is 1. The molecule has 5 rings (SSSR count). The van der Waals surface area contributed by atoms with Crippen molar-refractivity contribution in [3.05, 3.63) is 107 Å². The Hall–Kier alpha value is -3.68. The summed E-state index contributed by atoms with van der Waals surface area (Å²) in [7, 11) is 0. The minimum atomic E-state index is -0.0873. The van der Waals surface area contributed by atoms with Crippen LogP contribution in [-0.2, 0) is 11.3 Å². The van der Waals surface area contributed by atoms with Crippen LogP contribution in [-0.4, -0.2) is 31.5 Å². The molecular formula is C29H25N3O2S2. The molecule has 1 fully saturated rings. The molecule has 1 amide bonds. The summed E-state index contributed by atoms with van der Waals surface area (Å²) in [5.74, 6) is 0.736. The molecule has 4 aromatic rings. The zero-order valence-electron chi connectivity index (χ0n) is 20.0. The number of hydrogen-bond donors (Lipinski definition) is 0. The fourth-order valence-corrected chi connectivity index (χ4v) is 5.36. The summed E-state index contributed by atoms with van der Waals surface area (Å²) in [4.78, 5) is 15.6. The van der Waals surface area contributed by atoms with Crippen LogP contribution in [0.1, 0.15) is 23.6 Å². The number of amides is 1. The predicted octanol–water partition coefficient (Wildman–Crippen LogP) is 6.65. The molecule has 1 aliphatic heterocycles. The highest BCUT2D eigenvalue weighted by molar-refractivity contribution is 8.26. The Kier molecular flexibility index (Phi) is 7.02. The van der Waals surface area contributed by atoms with Crippen LogP contribution in [0.15, 0.2) is 90.0 Å². The van der Waals surface area contributed by atoms with Gasteiger partial charge >= 0.3 is 0 Å². The standard InChI is InChI=1S/C29H25N3O2S2/c1-3-34-24-14-15-25(20(2)16-24)27-22(19-32(30-27)23-12-8-5-9-13-23)17-26-28(33)31(29(35)36-26)18-21-10-6-4-7-11-21/h4-17,19H,3,18H2,1-2H3. The first-order valence-electron chi connectivity index (χ1n) is 11.7. The number of ether oxygens (including phenoxy) is 1. The monoisotopic (exact) mass is 511 g/mol. The first-order valence-corrected chi connectivity index (χ1v) is 12.9.